The highest BCUT2D eigenvalue weighted by Crippen LogP contribution is 2.28. The summed E-state index contributed by atoms with van der Waals surface area (Å²) >= 11 is 1.03. The summed E-state index contributed by atoms with van der Waals surface area (Å²) in [7, 11) is 0. The molecule has 0 aliphatic carbocycles. The molecule has 2 aromatic carbocycles. The summed E-state index contributed by atoms with van der Waals surface area (Å²) in [6.45, 7) is 1.54. The quantitative estimate of drug-likeness (QED) is 0.619. The number of nitriles is 1. The van der Waals surface area contributed by atoms with E-state index in [0.29, 0.717) is 11.3 Å². The third-order valence-corrected chi connectivity index (χ3v) is 4.30. The van der Waals surface area contributed by atoms with E-state index in [1.807, 2.05) is 5.40 Å². The van der Waals surface area contributed by atoms with E-state index in [-0.39, 0.29) is 12.3 Å². The van der Waals surface area contributed by atoms with E-state index in [1.165, 1.54) is 6.92 Å². The molecule has 24 heavy (non-hydrogen) atoms. The van der Waals surface area contributed by atoms with Gasteiger partial charge < -0.3 is 10.4 Å². The second kappa shape index (κ2) is 7.66. The fourth-order valence-corrected chi connectivity index (χ4v) is 2.67. The van der Waals surface area contributed by atoms with E-state index in [2.05, 4.69) is 5.32 Å². The van der Waals surface area contributed by atoms with Crippen LogP contribution in [0.25, 0.3) is 0 Å². The lowest BCUT2D eigenvalue weighted by atomic mass is 9.79. The maximum Gasteiger partial charge on any atom is 0.314 e. The van der Waals surface area contributed by atoms with E-state index in [4.69, 9.17) is 5.26 Å². The summed E-state index contributed by atoms with van der Waals surface area (Å²) in [5.74, 6) is -1.44. The molecule has 1 atom stereocenters. The van der Waals surface area contributed by atoms with Crippen LogP contribution in [0.5, 0.6) is 0 Å². The lowest BCUT2D eigenvalue weighted by Gasteiger charge is -2.24. The first kappa shape index (κ1) is 17.6. The number of carboxylic acids is 1. The molecule has 0 spiro atoms. The largest absolute Gasteiger partial charge is 0.481 e. The molecule has 0 saturated carbocycles. The predicted molar refractivity (Wildman–Crippen MR) is 92.6 cm³/mol. The third kappa shape index (κ3) is 4.15. The highest BCUT2D eigenvalue weighted by Gasteiger charge is 2.37. The Morgan fingerprint density at radius 1 is 1.17 bits per heavy atom. The van der Waals surface area contributed by atoms with Gasteiger partial charge in [0.05, 0.1) is 5.41 Å². The molecule has 2 rings (SSSR count). The minimum atomic E-state index is -1.30. The number of thioether (sulfide) groups is 1. The van der Waals surface area contributed by atoms with Gasteiger partial charge in [-0.3, -0.25) is 9.59 Å². The van der Waals surface area contributed by atoms with Crippen molar-refractivity contribution in [3.05, 3.63) is 60.2 Å². The number of benzene rings is 2. The number of amides is 1. The van der Waals surface area contributed by atoms with Crippen molar-refractivity contribution < 1.29 is 14.7 Å². The molecule has 0 radical (unpaired) electrons. The molecule has 122 valence electrons. The second-order valence-corrected chi connectivity index (χ2v) is 6.30. The van der Waals surface area contributed by atoms with Crippen molar-refractivity contribution in [2.24, 2.45) is 0 Å². The highest BCUT2D eigenvalue weighted by molar-refractivity contribution is 8.03. The number of anilines is 1. The Bertz CT molecular complexity index is 769. The van der Waals surface area contributed by atoms with E-state index >= 15 is 0 Å². The zero-order valence-electron chi connectivity index (χ0n) is 13.0. The van der Waals surface area contributed by atoms with Crippen molar-refractivity contribution in [2.75, 3.05) is 5.32 Å². The number of nitrogens with zero attached hydrogens (tertiary/aromatic N) is 1. The fourth-order valence-electron chi connectivity index (χ4n) is 2.29. The van der Waals surface area contributed by atoms with Crippen molar-refractivity contribution in [3.63, 3.8) is 0 Å². The third-order valence-electron chi connectivity index (χ3n) is 3.70. The van der Waals surface area contributed by atoms with Crippen LogP contribution < -0.4 is 5.32 Å². The second-order valence-electron chi connectivity index (χ2n) is 5.45. The van der Waals surface area contributed by atoms with Crippen molar-refractivity contribution in [2.45, 2.75) is 23.7 Å². The predicted octanol–water partition coefficient (Wildman–Crippen LogP) is 3.63. The topological polar surface area (TPSA) is 90.2 Å². The van der Waals surface area contributed by atoms with Crippen LogP contribution in [0, 0.1) is 10.7 Å². The monoisotopic (exact) mass is 340 g/mol. The molecule has 5 nitrogen and oxygen atoms in total. The first-order valence-electron chi connectivity index (χ1n) is 7.20. The van der Waals surface area contributed by atoms with Crippen LogP contribution in [0.3, 0.4) is 0 Å². The number of nitrogens with one attached hydrogen (secondary N) is 1. The van der Waals surface area contributed by atoms with Crippen molar-refractivity contribution >= 4 is 29.3 Å². The Kier molecular flexibility index (Phi) is 5.61. The SMILES string of the molecule is C[C@@](CC(=O)Nc1ccc(SC#N)cc1)(C(=O)O)c1ccccc1. The molecule has 0 aromatic heterocycles. The molecule has 2 aromatic rings. The van der Waals surface area contributed by atoms with Gasteiger partial charge in [-0.2, -0.15) is 5.26 Å². The summed E-state index contributed by atoms with van der Waals surface area (Å²) in [6.07, 6.45) is -0.180. The standard InChI is InChI=1S/C18H16N2O3S/c1-18(17(22)23,13-5-3-2-4-6-13)11-16(21)20-14-7-9-15(10-8-14)24-12-19/h2-10H,11H2,1H3,(H,20,21)(H,22,23)/t18-/m0/s1. The lowest BCUT2D eigenvalue weighted by molar-refractivity contribution is -0.145. The molecular formula is C18H16N2O3S. The zero-order chi connectivity index (χ0) is 17.6. The first-order chi connectivity index (χ1) is 11.5. The molecule has 0 aliphatic heterocycles. The number of hydrogen-bond donors (Lipinski definition) is 2. The van der Waals surface area contributed by atoms with Gasteiger partial charge in [0, 0.05) is 17.0 Å². The van der Waals surface area contributed by atoms with E-state index < -0.39 is 11.4 Å². The summed E-state index contributed by atoms with van der Waals surface area (Å²) < 4.78 is 0. The van der Waals surface area contributed by atoms with Crippen LogP contribution in [0.1, 0.15) is 18.9 Å². The molecular weight excluding hydrogens is 324 g/mol. The number of hydrogen-bond acceptors (Lipinski definition) is 4. The number of aliphatic carboxylic acids is 1. The highest BCUT2D eigenvalue weighted by atomic mass is 32.2. The van der Waals surface area contributed by atoms with Gasteiger partial charge >= 0.3 is 5.97 Å². The van der Waals surface area contributed by atoms with Crippen LogP contribution in [-0.2, 0) is 15.0 Å². The smallest absolute Gasteiger partial charge is 0.314 e. The Morgan fingerprint density at radius 2 is 1.79 bits per heavy atom. The summed E-state index contributed by atoms with van der Waals surface area (Å²) in [6, 6.07) is 15.5. The fraction of sp³-hybridized carbons (Fsp3) is 0.167. The number of rotatable bonds is 6. The van der Waals surface area contributed by atoms with Crippen LogP contribution in [0.15, 0.2) is 59.5 Å². The van der Waals surface area contributed by atoms with Crippen molar-refractivity contribution in [1.82, 2.24) is 0 Å². The molecule has 6 heteroatoms. The Hall–Kier alpha value is -2.78. The van der Waals surface area contributed by atoms with E-state index in [1.54, 1.807) is 54.6 Å². The zero-order valence-corrected chi connectivity index (χ0v) is 13.8. The van der Waals surface area contributed by atoms with Crippen LogP contribution in [0.2, 0.25) is 0 Å². The Morgan fingerprint density at radius 3 is 2.33 bits per heavy atom. The van der Waals surface area contributed by atoms with Crippen LogP contribution in [-0.4, -0.2) is 17.0 Å². The van der Waals surface area contributed by atoms with Gasteiger partial charge in [0.15, 0.2) is 0 Å². The molecule has 0 unspecified atom stereocenters. The van der Waals surface area contributed by atoms with Crippen molar-refractivity contribution in [3.8, 4) is 5.40 Å². The normalized spacial score (nSPS) is 12.7. The van der Waals surface area contributed by atoms with Gasteiger partial charge in [-0.25, -0.2) is 0 Å². The van der Waals surface area contributed by atoms with Gasteiger partial charge in [-0.05, 0) is 48.5 Å². The molecule has 0 heterocycles. The van der Waals surface area contributed by atoms with Crippen molar-refractivity contribution in [1.29, 1.82) is 5.26 Å². The molecule has 0 fully saturated rings. The minimum Gasteiger partial charge on any atom is -0.481 e. The number of carbonyl (C=O) groups excluding carboxylic acids is 1. The van der Waals surface area contributed by atoms with Crippen LogP contribution >= 0.6 is 11.8 Å². The van der Waals surface area contributed by atoms with Gasteiger partial charge in [0.1, 0.15) is 5.40 Å². The van der Waals surface area contributed by atoms with E-state index in [0.717, 1.165) is 16.7 Å². The summed E-state index contributed by atoms with van der Waals surface area (Å²) in [5, 5.41) is 22.9. The van der Waals surface area contributed by atoms with Gasteiger partial charge in [-0.15, -0.1) is 0 Å². The summed E-state index contributed by atoms with van der Waals surface area (Å²) in [5.41, 5.74) is -0.168. The number of carboxylic acid groups (broad SMARTS) is 1. The molecule has 0 saturated heterocycles. The van der Waals surface area contributed by atoms with E-state index in [9.17, 15) is 14.7 Å². The minimum absolute atomic E-state index is 0.180. The Labute approximate surface area is 144 Å². The number of thiocyanates is 1. The average Bonchev–Trinajstić information content (AvgIpc) is 2.57. The lowest BCUT2D eigenvalue weighted by Crippen LogP contribution is -2.36. The Balaban J connectivity index is 2.11. The average molecular weight is 340 g/mol. The molecule has 0 bridgehead atoms. The van der Waals surface area contributed by atoms with Crippen LogP contribution in [0.4, 0.5) is 5.69 Å². The van der Waals surface area contributed by atoms with Gasteiger partial charge in [0.2, 0.25) is 5.91 Å². The molecule has 0 aliphatic rings. The number of carbonyl (C=O) groups is 2. The van der Waals surface area contributed by atoms with Gasteiger partial charge in [0.25, 0.3) is 0 Å². The maximum atomic E-state index is 12.3. The van der Waals surface area contributed by atoms with Gasteiger partial charge in [-0.1, -0.05) is 30.3 Å². The molecule has 1 amide bonds. The maximum absolute atomic E-state index is 12.3. The molecule has 2 N–H and O–H groups in total. The summed E-state index contributed by atoms with van der Waals surface area (Å²) in [4.78, 5) is 24.8. The first-order valence-corrected chi connectivity index (χ1v) is 8.02.